The molecule has 2 aromatic rings. The van der Waals surface area contributed by atoms with Crippen LogP contribution in [-0.2, 0) is 18.3 Å². The molecule has 22 heavy (non-hydrogen) atoms. The minimum Gasteiger partial charge on any atom is -0.0599 e. The van der Waals surface area contributed by atoms with Crippen LogP contribution in [0.25, 0.3) is 0 Å². The Morgan fingerprint density at radius 1 is 0.591 bits per heavy atom. The van der Waals surface area contributed by atoms with Crippen LogP contribution in [-0.4, -0.2) is 0 Å². The summed E-state index contributed by atoms with van der Waals surface area (Å²) in [5.74, 6) is 0. The second-order valence-electron chi connectivity index (χ2n) is 8.68. The Morgan fingerprint density at radius 2 is 1.00 bits per heavy atom. The molecule has 0 fully saturated rings. The molecule has 0 heteroatoms. The molecule has 0 bridgehead atoms. The molecule has 0 aromatic heterocycles. The van der Waals surface area contributed by atoms with Gasteiger partial charge in [-0.1, -0.05) is 90.1 Å². The molecule has 0 aliphatic carbocycles. The zero-order valence-electron chi connectivity index (χ0n) is 15.0. The fourth-order valence-electron chi connectivity index (χ4n) is 2.75. The van der Waals surface area contributed by atoms with Crippen molar-refractivity contribution in [3.8, 4) is 0 Å². The second kappa shape index (κ2) is 6.28. The Balaban J connectivity index is 2.05. The summed E-state index contributed by atoms with van der Waals surface area (Å²) in [6.45, 7) is 13.6. The van der Waals surface area contributed by atoms with Crippen molar-refractivity contribution in [2.24, 2.45) is 5.41 Å². The zero-order valence-corrected chi connectivity index (χ0v) is 15.0. The third-order valence-corrected chi connectivity index (χ3v) is 3.99. The highest BCUT2D eigenvalue weighted by atomic mass is 14.2. The largest absolute Gasteiger partial charge is 0.0599 e. The number of hydrogen-bond acceptors (Lipinski definition) is 0. The first-order chi connectivity index (χ1) is 10.1. The molecular weight excluding hydrogens is 264 g/mol. The van der Waals surface area contributed by atoms with E-state index >= 15 is 0 Å². The first-order valence-corrected chi connectivity index (χ1v) is 8.31. The van der Waals surface area contributed by atoms with Gasteiger partial charge in [-0.25, -0.2) is 0 Å². The Hall–Kier alpha value is -1.56. The Morgan fingerprint density at radius 3 is 1.41 bits per heavy atom. The van der Waals surface area contributed by atoms with Gasteiger partial charge in [-0.15, -0.1) is 0 Å². The first kappa shape index (κ1) is 16.8. The fraction of sp³-hybridized carbons (Fsp3) is 0.455. The van der Waals surface area contributed by atoms with Gasteiger partial charge in [-0.2, -0.15) is 0 Å². The highest BCUT2D eigenvalue weighted by Gasteiger charge is 2.13. The van der Waals surface area contributed by atoms with Gasteiger partial charge in [0.05, 0.1) is 0 Å². The van der Waals surface area contributed by atoms with E-state index in [2.05, 4.69) is 90.1 Å². The highest BCUT2D eigenvalue weighted by molar-refractivity contribution is 5.32. The van der Waals surface area contributed by atoms with Crippen LogP contribution in [0.3, 0.4) is 0 Å². The van der Waals surface area contributed by atoms with Gasteiger partial charge in [0.1, 0.15) is 0 Å². The maximum atomic E-state index is 2.29. The molecule has 0 amide bonds. The average molecular weight is 294 g/mol. The van der Waals surface area contributed by atoms with Crippen molar-refractivity contribution in [1.82, 2.24) is 0 Å². The topological polar surface area (TPSA) is 0 Å². The summed E-state index contributed by atoms with van der Waals surface area (Å²) >= 11 is 0. The number of rotatable bonds is 3. The molecule has 0 atom stereocenters. The Kier molecular flexibility index (Phi) is 4.80. The molecular formula is C22H30. The van der Waals surface area contributed by atoms with E-state index in [0.29, 0.717) is 5.41 Å². The van der Waals surface area contributed by atoms with E-state index in [9.17, 15) is 0 Å². The molecule has 0 nitrogen and oxygen atoms in total. The SMILES string of the molecule is CC(C)(C)Cc1ccc(Cc2ccc(C(C)(C)C)cc2)cc1. The van der Waals surface area contributed by atoms with Gasteiger partial charge in [-0.05, 0) is 45.9 Å². The van der Waals surface area contributed by atoms with Crippen LogP contribution in [0.2, 0.25) is 0 Å². The second-order valence-corrected chi connectivity index (χ2v) is 8.68. The molecule has 0 N–H and O–H groups in total. The summed E-state index contributed by atoms with van der Waals surface area (Å²) in [6.07, 6.45) is 2.15. The molecule has 0 radical (unpaired) electrons. The van der Waals surface area contributed by atoms with Gasteiger partial charge < -0.3 is 0 Å². The van der Waals surface area contributed by atoms with Crippen molar-refractivity contribution in [1.29, 1.82) is 0 Å². The normalized spacial score (nSPS) is 12.5. The van der Waals surface area contributed by atoms with E-state index in [4.69, 9.17) is 0 Å². The summed E-state index contributed by atoms with van der Waals surface area (Å²) in [5.41, 5.74) is 6.19. The third kappa shape index (κ3) is 5.02. The predicted octanol–water partition coefficient (Wildman–Crippen LogP) is 6.16. The third-order valence-electron chi connectivity index (χ3n) is 3.99. The molecule has 0 spiro atoms. The smallest absolute Gasteiger partial charge is 0.00258 e. The van der Waals surface area contributed by atoms with Crippen LogP contribution >= 0.6 is 0 Å². The Bertz CT molecular complexity index is 586. The molecule has 0 saturated carbocycles. The van der Waals surface area contributed by atoms with Crippen LogP contribution in [0.5, 0.6) is 0 Å². The predicted molar refractivity (Wildman–Crippen MR) is 97.5 cm³/mol. The van der Waals surface area contributed by atoms with Crippen molar-refractivity contribution < 1.29 is 0 Å². The maximum absolute atomic E-state index is 2.29. The van der Waals surface area contributed by atoms with Crippen molar-refractivity contribution in [3.63, 3.8) is 0 Å². The van der Waals surface area contributed by atoms with E-state index in [0.717, 1.165) is 12.8 Å². The lowest BCUT2D eigenvalue weighted by molar-refractivity contribution is 0.411. The van der Waals surface area contributed by atoms with Crippen LogP contribution in [0.1, 0.15) is 63.8 Å². The molecule has 118 valence electrons. The van der Waals surface area contributed by atoms with Gasteiger partial charge in [0.15, 0.2) is 0 Å². The van der Waals surface area contributed by atoms with Gasteiger partial charge in [-0.3, -0.25) is 0 Å². The molecule has 0 heterocycles. The number of benzene rings is 2. The lowest BCUT2D eigenvalue weighted by Gasteiger charge is -2.19. The zero-order chi connectivity index (χ0) is 16.4. The minimum atomic E-state index is 0.229. The number of hydrogen-bond donors (Lipinski definition) is 0. The lowest BCUT2D eigenvalue weighted by atomic mass is 9.86. The van der Waals surface area contributed by atoms with Crippen LogP contribution < -0.4 is 0 Å². The van der Waals surface area contributed by atoms with Gasteiger partial charge in [0.25, 0.3) is 0 Å². The lowest BCUT2D eigenvalue weighted by Crippen LogP contribution is -2.10. The fourth-order valence-corrected chi connectivity index (χ4v) is 2.75. The van der Waals surface area contributed by atoms with E-state index in [1.807, 2.05) is 0 Å². The molecule has 0 aliphatic rings. The minimum absolute atomic E-state index is 0.229. The quantitative estimate of drug-likeness (QED) is 0.635. The molecule has 2 rings (SSSR count). The molecule has 0 saturated heterocycles. The van der Waals surface area contributed by atoms with Crippen LogP contribution in [0.4, 0.5) is 0 Å². The van der Waals surface area contributed by atoms with Gasteiger partial charge in [0, 0.05) is 0 Å². The molecule has 2 aromatic carbocycles. The summed E-state index contributed by atoms with van der Waals surface area (Å²) < 4.78 is 0. The van der Waals surface area contributed by atoms with E-state index in [-0.39, 0.29) is 5.41 Å². The van der Waals surface area contributed by atoms with Crippen LogP contribution in [0, 0.1) is 5.41 Å². The van der Waals surface area contributed by atoms with E-state index in [1.54, 1.807) is 0 Å². The van der Waals surface area contributed by atoms with Gasteiger partial charge in [0.2, 0.25) is 0 Å². The summed E-state index contributed by atoms with van der Waals surface area (Å²) in [7, 11) is 0. The summed E-state index contributed by atoms with van der Waals surface area (Å²) in [5, 5.41) is 0. The van der Waals surface area contributed by atoms with E-state index in [1.165, 1.54) is 22.3 Å². The van der Waals surface area contributed by atoms with Crippen molar-refractivity contribution in [3.05, 3.63) is 70.8 Å². The summed E-state index contributed by atoms with van der Waals surface area (Å²) in [6, 6.07) is 18.2. The average Bonchev–Trinajstić information content (AvgIpc) is 2.39. The van der Waals surface area contributed by atoms with Crippen molar-refractivity contribution in [2.75, 3.05) is 0 Å². The van der Waals surface area contributed by atoms with E-state index < -0.39 is 0 Å². The maximum Gasteiger partial charge on any atom is -0.00258 e. The van der Waals surface area contributed by atoms with Crippen molar-refractivity contribution in [2.45, 2.75) is 59.8 Å². The molecule has 0 aliphatic heterocycles. The van der Waals surface area contributed by atoms with Gasteiger partial charge >= 0.3 is 0 Å². The highest BCUT2D eigenvalue weighted by Crippen LogP contribution is 2.24. The van der Waals surface area contributed by atoms with Crippen molar-refractivity contribution >= 4 is 0 Å². The molecule has 0 unspecified atom stereocenters. The first-order valence-electron chi connectivity index (χ1n) is 8.31. The van der Waals surface area contributed by atoms with Crippen LogP contribution in [0.15, 0.2) is 48.5 Å². The summed E-state index contributed by atoms with van der Waals surface area (Å²) in [4.78, 5) is 0. The Labute approximate surface area is 136 Å². The monoisotopic (exact) mass is 294 g/mol. The standard InChI is InChI=1S/C22H30/c1-21(2,3)16-19-9-7-17(8-10-19)15-18-11-13-20(14-12-18)22(4,5)6/h7-14H,15-16H2,1-6H3.